The highest BCUT2D eigenvalue weighted by atomic mass is 16.5. The Hall–Kier alpha value is -4.21. The van der Waals surface area contributed by atoms with E-state index in [2.05, 4.69) is 20.4 Å². The van der Waals surface area contributed by atoms with Crippen LogP contribution in [0.2, 0.25) is 0 Å². The first-order valence-electron chi connectivity index (χ1n) is 11.5. The van der Waals surface area contributed by atoms with E-state index in [-0.39, 0.29) is 12.0 Å². The summed E-state index contributed by atoms with van der Waals surface area (Å²) in [7, 11) is 0. The molecule has 1 aromatic carbocycles. The number of rotatable bonds is 7. The molecule has 5 rings (SSSR count). The van der Waals surface area contributed by atoms with Crippen LogP contribution in [0.1, 0.15) is 40.6 Å². The molecule has 10 heteroatoms. The van der Waals surface area contributed by atoms with Crippen LogP contribution in [0, 0.1) is 6.92 Å². The molecule has 0 fully saturated rings. The summed E-state index contributed by atoms with van der Waals surface area (Å²) in [6.07, 6.45) is 3.23. The maximum Gasteiger partial charge on any atom is 0.339 e. The number of nitrogens with zero attached hydrogens (tertiary/aromatic N) is 5. The number of pyridine rings is 1. The van der Waals surface area contributed by atoms with Crippen molar-refractivity contribution in [3.63, 3.8) is 0 Å². The quantitative estimate of drug-likeness (QED) is 0.405. The number of fused-ring (bicyclic) bond motifs is 2. The van der Waals surface area contributed by atoms with Gasteiger partial charge < -0.3 is 24.0 Å². The number of hydrogen-bond donors (Lipinski definition) is 1. The average Bonchev–Trinajstić information content (AvgIpc) is 3.47. The Morgan fingerprint density at radius 2 is 2.09 bits per heavy atom. The molecule has 3 aromatic heterocycles. The van der Waals surface area contributed by atoms with Crippen molar-refractivity contribution in [1.29, 1.82) is 0 Å². The SMILES string of the molecule is Cc1nc(-c2ccc3ccnc(NCCN4CCn5cc(C(=O)OC(C)C)cc5C4=O)c3c2)no1. The number of ether oxygens (including phenoxy) is 1. The van der Waals surface area contributed by atoms with Gasteiger partial charge in [-0.1, -0.05) is 17.3 Å². The number of anilines is 1. The van der Waals surface area contributed by atoms with Crippen molar-refractivity contribution in [1.82, 2.24) is 24.6 Å². The lowest BCUT2D eigenvalue weighted by atomic mass is 10.1. The zero-order valence-electron chi connectivity index (χ0n) is 19.8. The fraction of sp³-hybridized carbons (Fsp3) is 0.320. The lowest BCUT2D eigenvalue weighted by Crippen LogP contribution is -2.42. The van der Waals surface area contributed by atoms with E-state index < -0.39 is 5.97 Å². The minimum Gasteiger partial charge on any atom is -0.459 e. The molecular weight excluding hydrogens is 448 g/mol. The van der Waals surface area contributed by atoms with Gasteiger partial charge in [-0.05, 0) is 37.4 Å². The number of carbonyl (C=O) groups excluding carboxylic acids is 2. The molecule has 4 aromatic rings. The van der Waals surface area contributed by atoms with Gasteiger partial charge in [-0.15, -0.1) is 0 Å². The van der Waals surface area contributed by atoms with Crippen molar-refractivity contribution in [3.05, 3.63) is 59.9 Å². The highest BCUT2D eigenvalue weighted by molar-refractivity contribution is 5.98. The normalized spacial score (nSPS) is 13.4. The predicted octanol–water partition coefficient (Wildman–Crippen LogP) is 3.53. The number of esters is 1. The third-order valence-electron chi connectivity index (χ3n) is 5.82. The summed E-state index contributed by atoms with van der Waals surface area (Å²) in [6, 6.07) is 9.47. The third kappa shape index (κ3) is 4.59. The van der Waals surface area contributed by atoms with Gasteiger partial charge in [-0.2, -0.15) is 4.98 Å². The number of aromatic nitrogens is 4. The zero-order chi connectivity index (χ0) is 24.5. The minimum atomic E-state index is -0.416. The van der Waals surface area contributed by atoms with Crippen LogP contribution >= 0.6 is 0 Å². The van der Waals surface area contributed by atoms with E-state index in [0.29, 0.717) is 49.2 Å². The number of carbonyl (C=O) groups is 2. The van der Waals surface area contributed by atoms with Crippen molar-refractivity contribution < 1.29 is 18.8 Å². The average molecular weight is 475 g/mol. The first-order chi connectivity index (χ1) is 16.9. The molecule has 10 nitrogen and oxygen atoms in total. The minimum absolute atomic E-state index is 0.109. The van der Waals surface area contributed by atoms with Crippen molar-refractivity contribution in [2.24, 2.45) is 0 Å². The molecule has 35 heavy (non-hydrogen) atoms. The first-order valence-corrected chi connectivity index (χ1v) is 11.5. The molecule has 0 spiro atoms. The number of benzene rings is 1. The lowest BCUT2D eigenvalue weighted by Gasteiger charge is -2.28. The maximum absolute atomic E-state index is 13.0. The van der Waals surface area contributed by atoms with E-state index in [4.69, 9.17) is 9.26 Å². The Bertz CT molecular complexity index is 1410. The van der Waals surface area contributed by atoms with Crippen LogP contribution < -0.4 is 5.32 Å². The van der Waals surface area contributed by atoms with E-state index in [1.165, 1.54) is 0 Å². The summed E-state index contributed by atoms with van der Waals surface area (Å²) < 4.78 is 12.2. The fourth-order valence-electron chi connectivity index (χ4n) is 4.15. The Morgan fingerprint density at radius 3 is 2.86 bits per heavy atom. The zero-order valence-corrected chi connectivity index (χ0v) is 19.8. The second kappa shape index (κ2) is 9.21. The van der Waals surface area contributed by atoms with Crippen LogP contribution in [-0.4, -0.2) is 62.2 Å². The summed E-state index contributed by atoms with van der Waals surface area (Å²) in [5.74, 6) is 1.22. The summed E-state index contributed by atoms with van der Waals surface area (Å²) in [5.41, 5.74) is 1.73. The Balaban J connectivity index is 1.27. The summed E-state index contributed by atoms with van der Waals surface area (Å²) in [4.78, 5) is 35.8. The van der Waals surface area contributed by atoms with Crippen molar-refractivity contribution in [2.75, 3.05) is 25.0 Å². The molecule has 0 atom stereocenters. The van der Waals surface area contributed by atoms with Gasteiger partial charge in [0.15, 0.2) is 0 Å². The highest BCUT2D eigenvalue weighted by Crippen LogP contribution is 2.27. The number of amides is 1. The van der Waals surface area contributed by atoms with E-state index in [1.807, 2.05) is 28.8 Å². The standard InChI is InChI=1S/C25H26N6O4/c1-15(2)34-25(33)19-13-21-24(32)30(10-11-31(21)14-19)9-8-27-23-20-12-18(22-28-16(3)35-29-22)5-4-17(20)6-7-26-23/h4-7,12-15H,8-11H2,1-3H3,(H,26,27). The van der Waals surface area contributed by atoms with Crippen LogP contribution in [0.5, 0.6) is 0 Å². The van der Waals surface area contributed by atoms with E-state index in [1.54, 1.807) is 44.1 Å². The van der Waals surface area contributed by atoms with E-state index >= 15 is 0 Å². The van der Waals surface area contributed by atoms with E-state index in [0.717, 1.165) is 22.2 Å². The molecular formula is C25H26N6O4. The van der Waals surface area contributed by atoms with Crippen molar-refractivity contribution in [2.45, 2.75) is 33.4 Å². The summed E-state index contributed by atoms with van der Waals surface area (Å²) in [6.45, 7) is 7.55. The smallest absolute Gasteiger partial charge is 0.339 e. The predicted molar refractivity (Wildman–Crippen MR) is 129 cm³/mol. The van der Waals surface area contributed by atoms with Crippen LogP contribution in [0.15, 0.2) is 47.2 Å². The van der Waals surface area contributed by atoms with Gasteiger partial charge in [0.05, 0.1) is 11.7 Å². The topological polar surface area (TPSA) is 115 Å². The second-order valence-corrected chi connectivity index (χ2v) is 8.71. The Labute approximate surface area is 201 Å². The first kappa shape index (κ1) is 22.6. The lowest BCUT2D eigenvalue weighted by molar-refractivity contribution is 0.0377. The van der Waals surface area contributed by atoms with Gasteiger partial charge in [0.1, 0.15) is 11.5 Å². The monoisotopic (exact) mass is 474 g/mol. The van der Waals surface area contributed by atoms with Gasteiger partial charge in [0, 0.05) is 56.4 Å². The van der Waals surface area contributed by atoms with Crippen LogP contribution in [0.25, 0.3) is 22.2 Å². The molecule has 0 bridgehead atoms. The highest BCUT2D eigenvalue weighted by Gasteiger charge is 2.27. The van der Waals surface area contributed by atoms with Gasteiger partial charge in [-0.25, -0.2) is 9.78 Å². The fourth-order valence-corrected chi connectivity index (χ4v) is 4.15. The Morgan fingerprint density at radius 1 is 1.23 bits per heavy atom. The number of aryl methyl sites for hydroxylation is 1. The second-order valence-electron chi connectivity index (χ2n) is 8.71. The molecule has 1 aliphatic heterocycles. The molecule has 1 amide bonds. The van der Waals surface area contributed by atoms with Gasteiger partial charge in [0.2, 0.25) is 11.7 Å². The van der Waals surface area contributed by atoms with Crippen LogP contribution in [0.4, 0.5) is 5.82 Å². The van der Waals surface area contributed by atoms with Gasteiger partial charge in [-0.3, -0.25) is 4.79 Å². The number of hydrogen-bond acceptors (Lipinski definition) is 8. The maximum atomic E-state index is 13.0. The third-order valence-corrected chi connectivity index (χ3v) is 5.82. The van der Waals surface area contributed by atoms with Gasteiger partial charge in [0.25, 0.3) is 5.91 Å². The van der Waals surface area contributed by atoms with Crippen molar-refractivity contribution >= 4 is 28.5 Å². The largest absolute Gasteiger partial charge is 0.459 e. The van der Waals surface area contributed by atoms with Gasteiger partial charge >= 0.3 is 5.97 Å². The molecule has 180 valence electrons. The van der Waals surface area contributed by atoms with Crippen molar-refractivity contribution in [3.8, 4) is 11.4 Å². The molecule has 1 aliphatic rings. The summed E-state index contributed by atoms with van der Waals surface area (Å²) in [5, 5.41) is 9.31. The molecule has 0 saturated carbocycles. The summed E-state index contributed by atoms with van der Waals surface area (Å²) >= 11 is 0. The van der Waals surface area contributed by atoms with Crippen LogP contribution in [-0.2, 0) is 11.3 Å². The van der Waals surface area contributed by atoms with Crippen LogP contribution in [0.3, 0.4) is 0 Å². The number of nitrogens with one attached hydrogen (secondary N) is 1. The molecule has 0 saturated heterocycles. The molecule has 0 radical (unpaired) electrons. The molecule has 0 aliphatic carbocycles. The molecule has 0 unspecified atom stereocenters. The molecule has 1 N–H and O–H groups in total. The van der Waals surface area contributed by atoms with E-state index in [9.17, 15) is 9.59 Å². The Kier molecular flexibility index (Phi) is 5.94. The molecule has 4 heterocycles.